The lowest BCUT2D eigenvalue weighted by molar-refractivity contribution is 0.0956. The summed E-state index contributed by atoms with van der Waals surface area (Å²) in [6.45, 7) is 0.657. The van der Waals surface area contributed by atoms with E-state index in [1.165, 1.54) is 4.90 Å². The van der Waals surface area contributed by atoms with Crippen LogP contribution in [0.5, 0.6) is 0 Å². The van der Waals surface area contributed by atoms with Crippen LogP contribution in [0, 0.1) is 0 Å². The van der Waals surface area contributed by atoms with Gasteiger partial charge in [-0.15, -0.1) is 11.8 Å². The van der Waals surface area contributed by atoms with Gasteiger partial charge >= 0.3 is 0 Å². The van der Waals surface area contributed by atoms with Gasteiger partial charge in [0.25, 0.3) is 5.91 Å². The molecule has 1 amide bonds. The van der Waals surface area contributed by atoms with E-state index in [0.29, 0.717) is 12.1 Å². The SMILES string of the molecule is CN(C)c1cccc(C(=O)NCCSc2ccccc2)c1. The lowest BCUT2D eigenvalue weighted by atomic mass is 10.2. The van der Waals surface area contributed by atoms with Gasteiger partial charge in [0, 0.05) is 42.5 Å². The van der Waals surface area contributed by atoms with Gasteiger partial charge in [0.2, 0.25) is 0 Å². The summed E-state index contributed by atoms with van der Waals surface area (Å²) in [5.74, 6) is 0.843. The number of anilines is 1. The van der Waals surface area contributed by atoms with Gasteiger partial charge in [-0.1, -0.05) is 24.3 Å². The highest BCUT2D eigenvalue weighted by molar-refractivity contribution is 7.99. The minimum Gasteiger partial charge on any atom is -0.378 e. The summed E-state index contributed by atoms with van der Waals surface area (Å²) in [7, 11) is 3.93. The van der Waals surface area contributed by atoms with Crippen molar-refractivity contribution >= 4 is 23.4 Å². The number of rotatable bonds is 6. The first-order chi connectivity index (χ1) is 10.2. The van der Waals surface area contributed by atoms with E-state index in [1.54, 1.807) is 11.8 Å². The molecule has 0 aliphatic carbocycles. The fourth-order valence-corrected chi connectivity index (χ4v) is 2.67. The molecule has 4 heteroatoms. The first kappa shape index (κ1) is 15.4. The Morgan fingerprint density at radius 2 is 1.86 bits per heavy atom. The molecule has 0 bridgehead atoms. The summed E-state index contributed by atoms with van der Waals surface area (Å²) in [4.78, 5) is 15.3. The molecule has 2 rings (SSSR count). The third-order valence-electron chi connectivity index (χ3n) is 3.02. The van der Waals surface area contributed by atoms with E-state index in [-0.39, 0.29) is 5.91 Å². The number of benzene rings is 2. The summed E-state index contributed by atoms with van der Waals surface area (Å²) >= 11 is 1.74. The van der Waals surface area contributed by atoms with Gasteiger partial charge in [0.05, 0.1) is 0 Å². The van der Waals surface area contributed by atoms with Crippen LogP contribution >= 0.6 is 11.8 Å². The number of hydrogen-bond donors (Lipinski definition) is 1. The number of nitrogens with one attached hydrogen (secondary N) is 1. The highest BCUT2D eigenvalue weighted by Crippen LogP contribution is 2.16. The minimum absolute atomic E-state index is 0.0210. The molecule has 0 unspecified atom stereocenters. The molecule has 2 aromatic carbocycles. The van der Waals surface area contributed by atoms with E-state index < -0.39 is 0 Å². The Balaban J connectivity index is 1.81. The van der Waals surface area contributed by atoms with Crippen molar-refractivity contribution in [3.63, 3.8) is 0 Å². The van der Waals surface area contributed by atoms with E-state index in [0.717, 1.165) is 11.4 Å². The van der Waals surface area contributed by atoms with Gasteiger partial charge in [0.15, 0.2) is 0 Å². The van der Waals surface area contributed by atoms with Crippen molar-refractivity contribution in [2.24, 2.45) is 0 Å². The third-order valence-corrected chi connectivity index (χ3v) is 4.04. The number of nitrogens with zero attached hydrogens (tertiary/aromatic N) is 1. The zero-order chi connectivity index (χ0) is 15.1. The normalized spacial score (nSPS) is 10.2. The maximum absolute atomic E-state index is 12.1. The van der Waals surface area contributed by atoms with Crippen LogP contribution in [0.2, 0.25) is 0 Å². The summed E-state index contributed by atoms with van der Waals surface area (Å²) in [6.07, 6.45) is 0. The molecule has 2 aromatic rings. The Bertz CT molecular complexity index is 584. The van der Waals surface area contributed by atoms with Crippen molar-refractivity contribution in [2.45, 2.75) is 4.90 Å². The number of amides is 1. The molecule has 0 aliphatic rings. The van der Waals surface area contributed by atoms with Crippen molar-refractivity contribution < 1.29 is 4.79 Å². The number of hydrogen-bond acceptors (Lipinski definition) is 3. The second kappa shape index (κ2) is 7.74. The van der Waals surface area contributed by atoms with Crippen LogP contribution in [0.1, 0.15) is 10.4 Å². The molecule has 0 radical (unpaired) electrons. The second-order valence-corrected chi connectivity index (χ2v) is 6.03. The average Bonchev–Trinajstić information content (AvgIpc) is 2.52. The molecule has 0 spiro atoms. The average molecular weight is 300 g/mol. The molecular weight excluding hydrogens is 280 g/mol. The first-order valence-corrected chi connectivity index (χ1v) is 7.89. The van der Waals surface area contributed by atoms with Crippen LogP contribution in [-0.2, 0) is 0 Å². The van der Waals surface area contributed by atoms with Crippen molar-refractivity contribution in [1.82, 2.24) is 5.32 Å². The van der Waals surface area contributed by atoms with Crippen LogP contribution in [-0.4, -0.2) is 32.3 Å². The molecule has 0 saturated heterocycles. The van der Waals surface area contributed by atoms with Crippen LogP contribution < -0.4 is 10.2 Å². The van der Waals surface area contributed by atoms with E-state index >= 15 is 0 Å². The topological polar surface area (TPSA) is 32.3 Å². The molecule has 0 aromatic heterocycles. The van der Waals surface area contributed by atoms with Gasteiger partial charge in [0.1, 0.15) is 0 Å². The zero-order valence-corrected chi connectivity index (χ0v) is 13.2. The largest absolute Gasteiger partial charge is 0.378 e. The molecule has 0 aliphatic heterocycles. The maximum atomic E-state index is 12.1. The second-order valence-electron chi connectivity index (χ2n) is 4.86. The third kappa shape index (κ3) is 4.83. The van der Waals surface area contributed by atoms with Crippen LogP contribution in [0.25, 0.3) is 0 Å². The molecule has 0 heterocycles. The number of thioether (sulfide) groups is 1. The quantitative estimate of drug-likeness (QED) is 0.656. The van der Waals surface area contributed by atoms with Crippen LogP contribution in [0.3, 0.4) is 0 Å². The van der Waals surface area contributed by atoms with Gasteiger partial charge < -0.3 is 10.2 Å². The molecule has 110 valence electrons. The molecule has 0 saturated carbocycles. The van der Waals surface area contributed by atoms with E-state index in [4.69, 9.17) is 0 Å². The standard InChI is InChI=1S/C17H20N2OS/c1-19(2)15-8-6-7-14(13-15)17(20)18-11-12-21-16-9-4-3-5-10-16/h3-10,13H,11-12H2,1-2H3,(H,18,20). The maximum Gasteiger partial charge on any atom is 0.251 e. The zero-order valence-electron chi connectivity index (χ0n) is 12.4. The van der Waals surface area contributed by atoms with Crippen molar-refractivity contribution in [3.05, 3.63) is 60.2 Å². The smallest absolute Gasteiger partial charge is 0.251 e. The highest BCUT2D eigenvalue weighted by Gasteiger charge is 2.06. The van der Waals surface area contributed by atoms with Crippen LogP contribution in [0.4, 0.5) is 5.69 Å². The van der Waals surface area contributed by atoms with Crippen LogP contribution in [0.15, 0.2) is 59.5 Å². The van der Waals surface area contributed by atoms with Gasteiger partial charge in [-0.25, -0.2) is 0 Å². The van der Waals surface area contributed by atoms with E-state index in [2.05, 4.69) is 17.4 Å². The Kier molecular flexibility index (Phi) is 5.69. The van der Waals surface area contributed by atoms with Gasteiger partial charge in [-0.2, -0.15) is 0 Å². The summed E-state index contributed by atoms with van der Waals surface area (Å²) in [5.41, 5.74) is 1.73. The first-order valence-electron chi connectivity index (χ1n) is 6.90. The molecule has 1 N–H and O–H groups in total. The van der Waals surface area contributed by atoms with Crippen molar-refractivity contribution in [1.29, 1.82) is 0 Å². The Labute approximate surface area is 130 Å². The summed E-state index contributed by atoms with van der Waals surface area (Å²) < 4.78 is 0. The van der Waals surface area contributed by atoms with Crippen molar-refractivity contribution in [3.8, 4) is 0 Å². The Morgan fingerprint density at radius 3 is 2.57 bits per heavy atom. The Hall–Kier alpha value is -1.94. The predicted octanol–water partition coefficient (Wildman–Crippen LogP) is 3.27. The minimum atomic E-state index is -0.0210. The predicted molar refractivity (Wildman–Crippen MR) is 90.3 cm³/mol. The molecule has 0 atom stereocenters. The van der Waals surface area contributed by atoms with E-state index in [9.17, 15) is 4.79 Å². The van der Waals surface area contributed by atoms with Crippen molar-refractivity contribution in [2.75, 3.05) is 31.3 Å². The molecular formula is C17H20N2OS. The summed E-state index contributed by atoms with van der Waals surface area (Å²) in [6, 6.07) is 17.8. The fraction of sp³-hybridized carbons (Fsp3) is 0.235. The molecule has 21 heavy (non-hydrogen) atoms. The highest BCUT2D eigenvalue weighted by atomic mass is 32.2. The number of carbonyl (C=O) groups is 1. The van der Waals surface area contributed by atoms with Gasteiger partial charge in [-0.3, -0.25) is 4.79 Å². The molecule has 0 fully saturated rings. The number of carbonyl (C=O) groups excluding carboxylic acids is 1. The lowest BCUT2D eigenvalue weighted by Crippen LogP contribution is -2.26. The lowest BCUT2D eigenvalue weighted by Gasteiger charge is -2.13. The Morgan fingerprint density at radius 1 is 1.10 bits per heavy atom. The monoisotopic (exact) mass is 300 g/mol. The fourth-order valence-electron chi connectivity index (χ4n) is 1.88. The molecule has 3 nitrogen and oxygen atoms in total. The van der Waals surface area contributed by atoms with Gasteiger partial charge in [-0.05, 0) is 30.3 Å². The summed E-state index contributed by atoms with van der Waals surface area (Å²) in [5, 5.41) is 2.96. The van der Waals surface area contributed by atoms with E-state index in [1.807, 2.05) is 61.5 Å².